The Balaban J connectivity index is 1.76. The highest BCUT2D eigenvalue weighted by Crippen LogP contribution is 2.25. The molecule has 0 aliphatic carbocycles. The van der Waals surface area contributed by atoms with Crippen molar-refractivity contribution in [2.24, 2.45) is 0 Å². The van der Waals surface area contributed by atoms with Crippen molar-refractivity contribution < 1.29 is 9.52 Å². The van der Waals surface area contributed by atoms with Crippen molar-refractivity contribution in [1.29, 1.82) is 0 Å². The third-order valence-corrected chi connectivity index (χ3v) is 3.22. The summed E-state index contributed by atoms with van der Waals surface area (Å²) in [5, 5.41) is 23.8. The highest BCUT2D eigenvalue weighted by molar-refractivity contribution is 6.33. The molecular weight excluding hydrogens is 294 g/mol. The smallest absolute Gasteiger partial charge is 0.143 e. The molecule has 0 amide bonds. The van der Waals surface area contributed by atoms with Crippen LogP contribution in [-0.4, -0.2) is 25.3 Å². The summed E-state index contributed by atoms with van der Waals surface area (Å²) in [7, 11) is 0. The largest absolute Gasteiger partial charge is 0.462 e. The molecule has 2 N–H and O–H groups in total. The van der Waals surface area contributed by atoms with E-state index in [1.807, 2.05) is 12.1 Å². The first-order valence-electron chi connectivity index (χ1n) is 6.21. The highest BCUT2D eigenvalue weighted by Gasteiger charge is 2.06. The van der Waals surface area contributed by atoms with Crippen LogP contribution in [0.4, 0.5) is 5.69 Å². The fourth-order valence-corrected chi connectivity index (χ4v) is 2.04. The standard InChI is InChI=1S/C13H12ClN5O2/c14-12-4-1-9(19-8-16-17-18-19)5-13(12)15-6-10-2-3-11(7-20)21-10/h1-5,8,15,20H,6-7H2. The molecular formula is C13H12ClN5O2. The molecule has 0 saturated heterocycles. The van der Waals surface area contributed by atoms with Crippen LogP contribution < -0.4 is 5.32 Å². The lowest BCUT2D eigenvalue weighted by molar-refractivity contribution is 0.244. The summed E-state index contributed by atoms with van der Waals surface area (Å²) < 4.78 is 6.94. The zero-order valence-electron chi connectivity index (χ0n) is 10.9. The van der Waals surface area contributed by atoms with E-state index in [4.69, 9.17) is 21.1 Å². The molecule has 2 heterocycles. The summed E-state index contributed by atoms with van der Waals surface area (Å²) in [6, 6.07) is 8.96. The first-order chi connectivity index (χ1) is 10.3. The number of hydrogen-bond donors (Lipinski definition) is 2. The average molecular weight is 306 g/mol. The SMILES string of the molecule is OCc1ccc(CNc2cc(-n3cnnn3)ccc2Cl)o1. The van der Waals surface area contributed by atoms with Gasteiger partial charge >= 0.3 is 0 Å². The number of aliphatic hydroxyl groups excluding tert-OH is 1. The van der Waals surface area contributed by atoms with Gasteiger partial charge in [-0.1, -0.05) is 11.6 Å². The molecule has 3 rings (SSSR count). The average Bonchev–Trinajstić information content (AvgIpc) is 3.18. The molecule has 0 spiro atoms. The topological polar surface area (TPSA) is 89.0 Å². The predicted octanol–water partition coefficient (Wildman–Crippen LogP) is 2.01. The number of rotatable bonds is 5. The Morgan fingerprint density at radius 2 is 2.10 bits per heavy atom. The van der Waals surface area contributed by atoms with Crippen LogP contribution in [0.5, 0.6) is 0 Å². The van der Waals surface area contributed by atoms with Gasteiger partial charge in [0.15, 0.2) is 0 Å². The molecule has 0 bridgehead atoms. The summed E-state index contributed by atoms with van der Waals surface area (Å²) in [6.07, 6.45) is 1.51. The molecule has 108 valence electrons. The molecule has 21 heavy (non-hydrogen) atoms. The van der Waals surface area contributed by atoms with E-state index in [2.05, 4.69) is 20.8 Å². The van der Waals surface area contributed by atoms with Gasteiger partial charge in [0, 0.05) is 0 Å². The highest BCUT2D eigenvalue weighted by atomic mass is 35.5. The van der Waals surface area contributed by atoms with E-state index in [0.717, 1.165) is 11.4 Å². The number of nitrogens with zero attached hydrogens (tertiary/aromatic N) is 4. The van der Waals surface area contributed by atoms with Crippen LogP contribution >= 0.6 is 11.6 Å². The summed E-state index contributed by atoms with van der Waals surface area (Å²) in [5.74, 6) is 1.24. The second kappa shape index (κ2) is 5.94. The van der Waals surface area contributed by atoms with Crippen LogP contribution in [0.15, 0.2) is 41.1 Å². The molecule has 1 aromatic carbocycles. The van der Waals surface area contributed by atoms with Gasteiger partial charge in [0.2, 0.25) is 0 Å². The number of anilines is 1. The van der Waals surface area contributed by atoms with Gasteiger partial charge in [0.05, 0.1) is 22.9 Å². The lowest BCUT2D eigenvalue weighted by atomic mass is 10.2. The Hall–Kier alpha value is -2.38. The molecule has 0 atom stereocenters. The Labute approximate surface area is 125 Å². The quantitative estimate of drug-likeness (QED) is 0.749. The lowest BCUT2D eigenvalue weighted by Gasteiger charge is -2.09. The van der Waals surface area contributed by atoms with E-state index in [0.29, 0.717) is 23.1 Å². The van der Waals surface area contributed by atoms with Crippen LogP contribution in [0.3, 0.4) is 0 Å². The van der Waals surface area contributed by atoms with Crippen LogP contribution in [0.1, 0.15) is 11.5 Å². The van der Waals surface area contributed by atoms with E-state index in [1.165, 1.54) is 11.0 Å². The summed E-state index contributed by atoms with van der Waals surface area (Å²) in [4.78, 5) is 0. The van der Waals surface area contributed by atoms with E-state index in [-0.39, 0.29) is 6.61 Å². The minimum absolute atomic E-state index is 0.116. The number of aromatic nitrogens is 4. The Morgan fingerprint density at radius 1 is 1.24 bits per heavy atom. The van der Waals surface area contributed by atoms with Gasteiger partial charge < -0.3 is 14.8 Å². The molecule has 8 heteroatoms. The third kappa shape index (κ3) is 3.04. The predicted molar refractivity (Wildman–Crippen MR) is 76.1 cm³/mol. The van der Waals surface area contributed by atoms with Crippen LogP contribution in [0.25, 0.3) is 5.69 Å². The molecule has 2 aromatic heterocycles. The number of aliphatic hydroxyl groups is 1. The zero-order valence-corrected chi connectivity index (χ0v) is 11.7. The minimum Gasteiger partial charge on any atom is -0.462 e. The van der Waals surface area contributed by atoms with Crippen molar-refractivity contribution in [2.75, 3.05) is 5.32 Å². The van der Waals surface area contributed by atoms with Crippen molar-refractivity contribution in [2.45, 2.75) is 13.2 Å². The summed E-state index contributed by atoms with van der Waals surface area (Å²) in [6.45, 7) is 0.342. The Morgan fingerprint density at radius 3 is 2.81 bits per heavy atom. The zero-order chi connectivity index (χ0) is 14.7. The van der Waals surface area contributed by atoms with Crippen molar-refractivity contribution in [1.82, 2.24) is 20.2 Å². The number of halogens is 1. The van der Waals surface area contributed by atoms with E-state index in [9.17, 15) is 0 Å². The molecule has 0 unspecified atom stereocenters. The molecule has 0 aliphatic rings. The molecule has 3 aromatic rings. The van der Waals surface area contributed by atoms with Gasteiger partial charge in [0.25, 0.3) is 0 Å². The van der Waals surface area contributed by atoms with Gasteiger partial charge in [-0.3, -0.25) is 0 Å². The first-order valence-corrected chi connectivity index (χ1v) is 6.59. The maximum atomic E-state index is 8.97. The maximum Gasteiger partial charge on any atom is 0.143 e. The monoisotopic (exact) mass is 305 g/mol. The van der Waals surface area contributed by atoms with Gasteiger partial charge in [-0.25, -0.2) is 4.68 Å². The minimum atomic E-state index is -0.116. The van der Waals surface area contributed by atoms with Crippen LogP contribution in [-0.2, 0) is 13.2 Å². The number of hydrogen-bond acceptors (Lipinski definition) is 6. The number of furan rings is 1. The Kier molecular flexibility index (Phi) is 3.85. The van der Waals surface area contributed by atoms with Crippen molar-refractivity contribution in [3.8, 4) is 5.69 Å². The molecule has 7 nitrogen and oxygen atoms in total. The third-order valence-electron chi connectivity index (χ3n) is 2.89. The van der Waals surface area contributed by atoms with Crippen molar-refractivity contribution in [3.05, 3.63) is 53.2 Å². The van der Waals surface area contributed by atoms with Gasteiger partial charge in [-0.2, -0.15) is 0 Å². The first kappa shape index (κ1) is 13.6. The van der Waals surface area contributed by atoms with Crippen LogP contribution in [0.2, 0.25) is 5.02 Å². The van der Waals surface area contributed by atoms with E-state index >= 15 is 0 Å². The maximum absolute atomic E-state index is 8.97. The molecule has 0 radical (unpaired) electrons. The number of tetrazole rings is 1. The second-order valence-corrected chi connectivity index (χ2v) is 4.71. The molecule has 0 aliphatic heterocycles. The molecule has 0 fully saturated rings. The fraction of sp³-hybridized carbons (Fsp3) is 0.154. The van der Waals surface area contributed by atoms with Crippen molar-refractivity contribution >= 4 is 17.3 Å². The summed E-state index contributed by atoms with van der Waals surface area (Å²) in [5.41, 5.74) is 1.54. The van der Waals surface area contributed by atoms with Crippen LogP contribution in [0, 0.1) is 0 Å². The fourth-order valence-electron chi connectivity index (χ4n) is 1.86. The second-order valence-electron chi connectivity index (χ2n) is 4.30. The van der Waals surface area contributed by atoms with Gasteiger partial charge in [-0.05, 0) is 40.8 Å². The number of nitrogens with one attached hydrogen (secondary N) is 1. The summed E-state index contributed by atoms with van der Waals surface area (Å²) >= 11 is 6.16. The Bertz CT molecular complexity index is 726. The lowest BCUT2D eigenvalue weighted by Crippen LogP contribution is -2.01. The van der Waals surface area contributed by atoms with E-state index < -0.39 is 0 Å². The van der Waals surface area contributed by atoms with Crippen molar-refractivity contribution in [3.63, 3.8) is 0 Å². The number of benzene rings is 1. The molecule has 0 saturated carbocycles. The van der Waals surface area contributed by atoms with Gasteiger partial charge in [-0.15, -0.1) is 5.10 Å². The van der Waals surface area contributed by atoms with Gasteiger partial charge in [0.1, 0.15) is 24.5 Å². The van der Waals surface area contributed by atoms with E-state index in [1.54, 1.807) is 18.2 Å². The normalized spacial score (nSPS) is 10.8.